The van der Waals surface area contributed by atoms with Gasteiger partial charge in [0.2, 0.25) is 0 Å². The molecule has 0 saturated carbocycles. The standard InChI is InChI=1S/C14H31O6P/c1-4-6-8-10-18-12-14(19-11-9-7-5-2)13-20-21(15,16)17-3/h14H,4-13H2,1-3H3,(H,15,16)/t14-/m0/s1. The van der Waals surface area contributed by atoms with Crippen LogP contribution in [-0.2, 0) is 23.1 Å². The third-order valence-electron chi connectivity index (χ3n) is 2.95. The highest BCUT2D eigenvalue weighted by molar-refractivity contribution is 7.47. The summed E-state index contributed by atoms with van der Waals surface area (Å²) in [5, 5.41) is 0. The van der Waals surface area contributed by atoms with Gasteiger partial charge >= 0.3 is 7.82 Å². The van der Waals surface area contributed by atoms with Gasteiger partial charge < -0.3 is 14.4 Å². The van der Waals surface area contributed by atoms with E-state index in [0.717, 1.165) is 45.6 Å². The van der Waals surface area contributed by atoms with Crippen molar-refractivity contribution >= 4 is 7.82 Å². The Kier molecular flexibility index (Phi) is 13.7. The highest BCUT2D eigenvalue weighted by Gasteiger charge is 2.21. The average Bonchev–Trinajstić information content (AvgIpc) is 2.48. The van der Waals surface area contributed by atoms with Crippen molar-refractivity contribution < 1.29 is 28.0 Å². The van der Waals surface area contributed by atoms with Gasteiger partial charge in [-0.15, -0.1) is 0 Å². The van der Waals surface area contributed by atoms with Crippen LogP contribution in [0.4, 0.5) is 0 Å². The highest BCUT2D eigenvalue weighted by Crippen LogP contribution is 2.41. The molecule has 0 aliphatic carbocycles. The Bertz CT molecular complexity index is 274. The minimum absolute atomic E-state index is 0.0124. The van der Waals surface area contributed by atoms with Crippen molar-refractivity contribution in [2.45, 2.75) is 58.5 Å². The molecule has 2 atom stereocenters. The number of hydrogen-bond acceptors (Lipinski definition) is 5. The third-order valence-corrected chi connectivity index (χ3v) is 3.89. The van der Waals surface area contributed by atoms with E-state index >= 15 is 0 Å². The molecule has 0 aromatic rings. The topological polar surface area (TPSA) is 74.2 Å². The Hall–Kier alpha value is 0.0300. The molecule has 21 heavy (non-hydrogen) atoms. The van der Waals surface area contributed by atoms with Crippen LogP contribution in [0.3, 0.4) is 0 Å². The van der Waals surface area contributed by atoms with Gasteiger partial charge in [-0.25, -0.2) is 4.57 Å². The lowest BCUT2D eigenvalue weighted by Crippen LogP contribution is -2.26. The summed E-state index contributed by atoms with van der Waals surface area (Å²) in [7, 11) is -2.82. The van der Waals surface area contributed by atoms with E-state index in [-0.39, 0.29) is 12.7 Å². The number of phosphoric acid groups is 1. The lowest BCUT2D eigenvalue weighted by molar-refractivity contribution is -0.0435. The minimum Gasteiger partial charge on any atom is -0.379 e. The van der Waals surface area contributed by atoms with Gasteiger partial charge in [0.05, 0.1) is 13.2 Å². The first-order valence-corrected chi connectivity index (χ1v) is 9.27. The van der Waals surface area contributed by atoms with Crippen LogP contribution in [-0.4, -0.2) is 44.5 Å². The summed E-state index contributed by atoms with van der Waals surface area (Å²) in [6.07, 6.45) is 6.12. The van der Waals surface area contributed by atoms with Gasteiger partial charge in [-0.05, 0) is 12.8 Å². The fourth-order valence-corrected chi connectivity index (χ4v) is 2.11. The van der Waals surface area contributed by atoms with Gasteiger partial charge in [-0.3, -0.25) is 9.05 Å². The molecule has 0 heterocycles. The van der Waals surface area contributed by atoms with Crippen molar-refractivity contribution in [1.29, 1.82) is 0 Å². The van der Waals surface area contributed by atoms with Crippen molar-refractivity contribution in [3.8, 4) is 0 Å². The number of rotatable bonds is 15. The van der Waals surface area contributed by atoms with Gasteiger partial charge in [-0.1, -0.05) is 39.5 Å². The maximum Gasteiger partial charge on any atom is 0.472 e. The van der Waals surface area contributed by atoms with Crippen LogP contribution in [0.2, 0.25) is 0 Å². The molecule has 1 N–H and O–H groups in total. The molecule has 0 rings (SSSR count). The Labute approximate surface area is 128 Å². The molecule has 0 aromatic heterocycles. The fraction of sp³-hybridized carbons (Fsp3) is 1.00. The summed E-state index contributed by atoms with van der Waals surface area (Å²) in [6.45, 7) is 5.88. The number of hydrogen-bond donors (Lipinski definition) is 1. The maximum absolute atomic E-state index is 11.3. The normalized spacial score (nSPS) is 15.8. The molecule has 0 amide bonds. The minimum atomic E-state index is -3.96. The van der Waals surface area contributed by atoms with Gasteiger partial charge in [0, 0.05) is 20.3 Å². The first-order valence-electron chi connectivity index (χ1n) is 7.78. The SMILES string of the molecule is CCCCCOC[C@@H](COP(=O)(O)OC)OCCCCC. The summed E-state index contributed by atoms with van der Waals surface area (Å²) < 4.78 is 31.7. The molecule has 0 aromatic carbocycles. The summed E-state index contributed by atoms with van der Waals surface area (Å²) in [5.41, 5.74) is 0. The molecule has 0 bridgehead atoms. The number of unbranched alkanes of at least 4 members (excludes halogenated alkanes) is 4. The summed E-state index contributed by atoms with van der Waals surface area (Å²) in [6, 6.07) is 0. The van der Waals surface area contributed by atoms with Crippen LogP contribution in [0, 0.1) is 0 Å². The van der Waals surface area contributed by atoms with Crippen molar-refractivity contribution in [2.75, 3.05) is 33.5 Å². The van der Waals surface area contributed by atoms with Crippen LogP contribution in [0.5, 0.6) is 0 Å². The van der Waals surface area contributed by atoms with E-state index in [0.29, 0.717) is 19.8 Å². The maximum atomic E-state index is 11.3. The van der Waals surface area contributed by atoms with E-state index in [4.69, 9.17) is 14.0 Å². The number of phosphoric ester groups is 1. The molecule has 7 heteroatoms. The molecule has 128 valence electrons. The predicted molar refractivity (Wildman–Crippen MR) is 82.4 cm³/mol. The predicted octanol–water partition coefficient (Wildman–Crippen LogP) is 3.53. The van der Waals surface area contributed by atoms with E-state index < -0.39 is 7.82 Å². The van der Waals surface area contributed by atoms with E-state index in [2.05, 4.69) is 18.4 Å². The summed E-state index contributed by atoms with van der Waals surface area (Å²) >= 11 is 0. The fourth-order valence-electron chi connectivity index (χ4n) is 1.65. The molecule has 0 aliphatic heterocycles. The molecular weight excluding hydrogens is 295 g/mol. The second-order valence-corrected chi connectivity index (χ2v) is 6.49. The van der Waals surface area contributed by atoms with Gasteiger partial charge in [0.25, 0.3) is 0 Å². The first-order chi connectivity index (χ1) is 10.1. The van der Waals surface area contributed by atoms with E-state index in [9.17, 15) is 9.46 Å². The lowest BCUT2D eigenvalue weighted by Gasteiger charge is -2.19. The smallest absolute Gasteiger partial charge is 0.379 e. The monoisotopic (exact) mass is 326 g/mol. The lowest BCUT2D eigenvalue weighted by atomic mass is 10.2. The zero-order chi connectivity index (χ0) is 16.0. The molecule has 0 spiro atoms. The zero-order valence-electron chi connectivity index (χ0n) is 13.6. The van der Waals surface area contributed by atoms with Gasteiger partial charge in [-0.2, -0.15) is 0 Å². The Morgan fingerprint density at radius 1 is 1.00 bits per heavy atom. The zero-order valence-corrected chi connectivity index (χ0v) is 14.5. The van der Waals surface area contributed by atoms with Gasteiger partial charge in [0.15, 0.2) is 0 Å². The molecule has 0 aliphatic rings. The molecular formula is C14H31O6P. The van der Waals surface area contributed by atoms with Crippen molar-refractivity contribution in [3.05, 3.63) is 0 Å². The van der Waals surface area contributed by atoms with Crippen LogP contribution in [0.15, 0.2) is 0 Å². The largest absolute Gasteiger partial charge is 0.472 e. The van der Waals surface area contributed by atoms with E-state index in [1.165, 1.54) is 0 Å². The average molecular weight is 326 g/mol. The second kappa shape index (κ2) is 13.7. The van der Waals surface area contributed by atoms with Crippen LogP contribution >= 0.6 is 7.82 Å². The highest BCUT2D eigenvalue weighted by atomic mass is 31.2. The number of ether oxygens (including phenoxy) is 2. The van der Waals surface area contributed by atoms with E-state index in [1.807, 2.05) is 0 Å². The molecule has 1 unspecified atom stereocenters. The molecule has 0 radical (unpaired) electrons. The first kappa shape index (κ1) is 21.0. The Morgan fingerprint density at radius 3 is 2.19 bits per heavy atom. The Balaban J connectivity index is 3.99. The van der Waals surface area contributed by atoms with Gasteiger partial charge in [0.1, 0.15) is 6.10 Å². The van der Waals surface area contributed by atoms with Crippen molar-refractivity contribution in [2.24, 2.45) is 0 Å². The van der Waals surface area contributed by atoms with Crippen LogP contribution < -0.4 is 0 Å². The van der Waals surface area contributed by atoms with Crippen LogP contribution in [0.25, 0.3) is 0 Å². The quantitative estimate of drug-likeness (QED) is 0.366. The van der Waals surface area contributed by atoms with E-state index in [1.54, 1.807) is 0 Å². The molecule has 0 fully saturated rings. The third kappa shape index (κ3) is 13.4. The Morgan fingerprint density at radius 2 is 1.62 bits per heavy atom. The summed E-state index contributed by atoms with van der Waals surface area (Å²) in [5.74, 6) is 0. The van der Waals surface area contributed by atoms with Crippen molar-refractivity contribution in [3.63, 3.8) is 0 Å². The van der Waals surface area contributed by atoms with Crippen molar-refractivity contribution in [1.82, 2.24) is 0 Å². The summed E-state index contributed by atoms with van der Waals surface area (Å²) in [4.78, 5) is 9.24. The van der Waals surface area contributed by atoms with Crippen LogP contribution in [0.1, 0.15) is 52.4 Å². The molecule has 6 nitrogen and oxygen atoms in total. The molecule has 0 saturated heterocycles. The second-order valence-electron chi connectivity index (χ2n) is 4.93.